The molecular weight excluding hydrogens is 322 g/mol. The van der Waals surface area contributed by atoms with E-state index in [-0.39, 0.29) is 0 Å². The van der Waals surface area contributed by atoms with Crippen molar-refractivity contribution < 1.29 is 14.3 Å². The van der Waals surface area contributed by atoms with Gasteiger partial charge in [-0.05, 0) is 33.3 Å². The highest BCUT2D eigenvalue weighted by Gasteiger charge is 2.15. The number of rotatable bonds is 7. The molecule has 8 nitrogen and oxygen atoms in total. The van der Waals surface area contributed by atoms with Crippen LogP contribution in [0.1, 0.15) is 32.8 Å². The minimum Gasteiger partial charge on any atom is -0.481 e. The molecule has 3 N–H and O–H groups in total. The fourth-order valence-electron chi connectivity index (χ4n) is 1.94. The number of ether oxygens (including phenoxy) is 2. The summed E-state index contributed by atoms with van der Waals surface area (Å²) in [4.78, 5) is 19.8. The van der Waals surface area contributed by atoms with Crippen LogP contribution in [0.4, 0.5) is 4.79 Å². The van der Waals surface area contributed by atoms with Gasteiger partial charge in [-0.1, -0.05) is 6.07 Å². The topological polar surface area (TPSA) is 96.9 Å². The van der Waals surface area contributed by atoms with E-state index in [1.807, 2.05) is 32.9 Å². The molecule has 0 fully saturated rings. The van der Waals surface area contributed by atoms with Crippen LogP contribution in [0.25, 0.3) is 0 Å². The molecule has 25 heavy (non-hydrogen) atoms. The molecule has 0 saturated heterocycles. The molecule has 1 heterocycles. The minimum atomic E-state index is -0.484. The normalized spacial score (nSPS) is 11.6. The average Bonchev–Trinajstić information content (AvgIpc) is 2.56. The molecule has 1 aromatic heterocycles. The van der Waals surface area contributed by atoms with Gasteiger partial charge in [-0.15, -0.1) is 0 Å². The molecule has 0 aliphatic carbocycles. The fraction of sp³-hybridized carbons (Fsp3) is 0.588. The fourth-order valence-corrected chi connectivity index (χ4v) is 1.94. The summed E-state index contributed by atoms with van der Waals surface area (Å²) >= 11 is 0. The Morgan fingerprint density at radius 2 is 1.96 bits per heavy atom. The Hall–Kier alpha value is -2.51. The second-order valence-electron chi connectivity index (χ2n) is 6.31. The number of hydrogen-bond donors (Lipinski definition) is 3. The number of carbonyl (C=O) groups excluding carboxylic acids is 1. The Bertz CT molecular complexity index is 570. The van der Waals surface area contributed by atoms with E-state index < -0.39 is 11.7 Å². The summed E-state index contributed by atoms with van der Waals surface area (Å²) < 4.78 is 10.4. The molecule has 0 aliphatic heterocycles. The zero-order chi connectivity index (χ0) is 18.7. The molecule has 0 spiro atoms. The van der Waals surface area contributed by atoms with Gasteiger partial charge in [-0.25, -0.2) is 9.78 Å². The van der Waals surface area contributed by atoms with E-state index in [9.17, 15) is 4.79 Å². The maximum absolute atomic E-state index is 11.5. The summed E-state index contributed by atoms with van der Waals surface area (Å²) in [6.07, 6.45) is 2.03. The van der Waals surface area contributed by atoms with Crippen LogP contribution in [0.15, 0.2) is 23.3 Å². The number of hydrogen-bond acceptors (Lipinski definition) is 5. The smallest absolute Gasteiger partial charge is 0.407 e. The molecule has 0 unspecified atom stereocenters. The van der Waals surface area contributed by atoms with Gasteiger partial charge in [-0.3, -0.25) is 4.99 Å². The van der Waals surface area contributed by atoms with Gasteiger partial charge in [0.25, 0.3) is 0 Å². The highest BCUT2D eigenvalue weighted by molar-refractivity contribution is 5.79. The van der Waals surface area contributed by atoms with Gasteiger partial charge in [0.2, 0.25) is 5.88 Å². The van der Waals surface area contributed by atoms with Gasteiger partial charge in [0.1, 0.15) is 5.60 Å². The molecule has 0 aromatic carbocycles. The summed E-state index contributed by atoms with van der Waals surface area (Å²) in [5, 5.41) is 9.10. The lowest BCUT2D eigenvalue weighted by atomic mass is 10.2. The van der Waals surface area contributed by atoms with E-state index in [4.69, 9.17) is 9.47 Å². The van der Waals surface area contributed by atoms with Crippen molar-refractivity contribution in [2.75, 3.05) is 27.2 Å². The van der Waals surface area contributed by atoms with Crippen molar-refractivity contribution in [3.63, 3.8) is 0 Å². The Balaban J connectivity index is 2.26. The number of carbonyl (C=O) groups is 1. The van der Waals surface area contributed by atoms with Gasteiger partial charge >= 0.3 is 6.09 Å². The third-order valence-electron chi connectivity index (χ3n) is 3.03. The van der Waals surface area contributed by atoms with Crippen LogP contribution < -0.4 is 20.7 Å². The standard InChI is InChI=1S/C17H29N5O3/c1-17(2,3)25-16(23)21-11-7-10-20-15(18-4)22-12-13-8-6-9-19-14(13)24-5/h6,8-9H,7,10-12H2,1-5H3,(H,21,23)(H2,18,20,22). The SMILES string of the molecule is CN=C(NCCCNC(=O)OC(C)(C)C)NCc1cccnc1OC. The van der Waals surface area contributed by atoms with Crippen LogP contribution in [0.5, 0.6) is 5.88 Å². The first-order chi connectivity index (χ1) is 11.9. The molecule has 0 bridgehead atoms. The van der Waals surface area contributed by atoms with Crippen LogP contribution in [-0.4, -0.2) is 49.9 Å². The number of nitrogens with one attached hydrogen (secondary N) is 3. The molecular formula is C17H29N5O3. The lowest BCUT2D eigenvalue weighted by Gasteiger charge is -2.19. The summed E-state index contributed by atoms with van der Waals surface area (Å²) in [7, 11) is 3.30. The highest BCUT2D eigenvalue weighted by Crippen LogP contribution is 2.12. The molecule has 0 saturated carbocycles. The van der Waals surface area contributed by atoms with Crippen LogP contribution in [0.2, 0.25) is 0 Å². The molecule has 140 valence electrons. The van der Waals surface area contributed by atoms with Crippen molar-refractivity contribution >= 4 is 12.1 Å². The number of methoxy groups -OCH3 is 1. The van der Waals surface area contributed by atoms with Crippen LogP contribution in [0.3, 0.4) is 0 Å². The van der Waals surface area contributed by atoms with Crippen molar-refractivity contribution in [2.24, 2.45) is 4.99 Å². The largest absolute Gasteiger partial charge is 0.481 e. The number of nitrogens with zero attached hydrogens (tertiary/aromatic N) is 2. The molecule has 8 heteroatoms. The summed E-state index contributed by atoms with van der Waals surface area (Å²) in [6.45, 7) is 7.24. The molecule has 1 amide bonds. The maximum atomic E-state index is 11.5. The second kappa shape index (κ2) is 10.4. The number of aliphatic imine (C=N–C) groups is 1. The zero-order valence-corrected chi connectivity index (χ0v) is 15.7. The summed E-state index contributed by atoms with van der Waals surface area (Å²) in [6, 6.07) is 3.80. The average molecular weight is 351 g/mol. The van der Waals surface area contributed by atoms with E-state index in [2.05, 4.69) is 25.9 Å². The number of pyridine rings is 1. The summed E-state index contributed by atoms with van der Waals surface area (Å²) in [5.41, 5.74) is 0.460. The van der Waals surface area contributed by atoms with Gasteiger partial charge in [0.05, 0.1) is 7.11 Å². The van der Waals surface area contributed by atoms with Gasteiger partial charge < -0.3 is 25.4 Å². The second-order valence-corrected chi connectivity index (χ2v) is 6.31. The molecule has 0 radical (unpaired) electrons. The minimum absolute atomic E-state index is 0.404. The third kappa shape index (κ3) is 8.78. The first-order valence-corrected chi connectivity index (χ1v) is 8.25. The number of aromatic nitrogens is 1. The predicted octanol–water partition coefficient (Wildman–Crippen LogP) is 1.67. The van der Waals surface area contributed by atoms with Crippen molar-refractivity contribution in [3.05, 3.63) is 23.9 Å². The van der Waals surface area contributed by atoms with Gasteiger partial charge in [0.15, 0.2) is 5.96 Å². The zero-order valence-electron chi connectivity index (χ0n) is 15.7. The lowest BCUT2D eigenvalue weighted by molar-refractivity contribution is 0.0527. The first-order valence-electron chi connectivity index (χ1n) is 8.25. The Kier molecular flexibility index (Phi) is 8.52. The number of amides is 1. The van der Waals surface area contributed by atoms with E-state index in [0.717, 1.165) is 12.0 Å². The van der Waals surface area contributed by atoms with Crippen molar-refractivity contribution in [1.29, 1.82) is 0 Å². The van der Waals surface area contributed by atoms with Crippen LogP contribution in [0, 0.1) is 0 Å². The number of alkyl carbamates (subject to hydrolysis) is 1. The van der Waals surface area contributed by atoms with Crippen LogP contribution >= 0.6 is 0 Å². The van der Waals surface area contributed by atoms with Gasteiger partial charge in [-0.2, -0.15) is 0 Å². The molecule has 1 aromatic rings. The van der Waals surface area contributed by atoms with E-state index in [1.165, 1.54) is 0 Å². The molecule has 0 aliphatic rings. The van der Waals surface area contributed by atoms with Gasteiger partial charge in [0, 0.05) is 38.4 Å². The van der Waals surface area contributed by atoms with Crippen LogP contribution in [-0.2, 0) is 11.3 Å². The molecule has 0 atom stereocenters. The number of guanidine groups is 1. The maximum Gasteiger partial charge on any atom is 0.407 e. The van der Waals surface area contributed by atoms with E-state index >= 15 is 0 Å². The quantitative estimate of drug-likeness (QED) is 0.393. The predicted molar refractivity (Wildman–Crippen MR) is 97.8 cm³/mol. The summed E-state index contributed by atoms with van der Waals surface area (Å²) in [5.74, 6) is 1.26. The van der Waals surface area contributed by atoms with E-state index in [0.29, 0.717) is 31.5 Å². The Morgan fingerprint density at radius 3 is 2.60 bits per heavy atom. The highest BCUT2D eigenvalue weighted by atomic mass is 16.6. The monoisotopic (exact) mass is 351 g/mol. The van der Waals surface area contributed by atoms with E-state index in [1.54, 1.807) is 20.4 Å². The first kappa shape index (κ1) is 20.5. The third-order valence-corrected chi connectivity index (χ3v) is 3.03. The van der Waals surface area contributed by atoms with Crippen molar-refractivity contribution in [3.8, 4) is 5.88 Å². The van der Waals surface area contributed by atoms with Crippen molar-refractivity contribution in [1.82, 2.24) is 20.9 Å². The lowest BCUT2D eigenvalue weighted by Crippen LogP contribution is -2.39. The van der Waals surface area contributed by atoms with Crippen molar-refractivity contribution in [2.45, 2.75) is 39.3 Å². The molecule has 1 rings (SSSR count). The Morgan fingerprint density at radius 1 is 1.24 bits per heavy atom. The Labute approximate surface area is 149 Å².